The van der Waals surface area contributed by atoms with E-state index in [0.29, 0.717) is 11.3 Å². The molecule has 110 valence electrons. The molecule has 6 heteroatoms. The number of nitrogens with one attached hydrogen (secondary N) is 1. The summed E-state index contributed by atoms with van der Waals surface area (Å²) in [4.78, 5) is 23.8. The first kappa shape index (κ1) is 15.7. The molecule has 0 aliphatic carbocycles. The van der Waals surface area contributed by atoms with E-state index in [9.17, 15) is 14.7 Å². The molecular weight excluding hydrogens is 354 g/mol. The van der Waals surface area contributed by atoms with Gasteiger partial charge in [-0.3, -0.25) is 4.79 Å². The van der Waals surface area contributed by atoms with Gasteiger partial charge < -0.3 is 10.4 Å². The lowest BCUT2D eigenvalue weighted by atomic mass is 10.1. The van der Waals surface area contributed by atoms with Crippen LogP contribution in [0.1, 0.15) is 22.9 Å². The molecule has 0 fully saturated rings. The number of rotatable bonds is 6. The molecule has 2 aromatic rings. The minimum atomic E-state index is -1.05. The Labute approximate surface area is 134 Å². The standard InChI is InChI=1S/C15H14BrNO3S/c16-11-4-1-3-10(9-11)6-7-13(18)17-14(15(19)20)12-5-2-8-21-12/h1-5,8-9,14H,6-7H2,(H,17,18)(H,19,20). The average molecular weight is 368 g/mol. The van der Waals surface area contributed by atoms with Crippen molar-refractivity contribution in [2.45, 2.75) is 18.9 Å². The molecule has 2 rings (SSSR count). The molecule has 1 heterocycles. The molecule has 1 aromatic carbocycles. The number of hydrogen-bond acceptors (Lipinski definition) is 3. The quantitative estimate of drug-likeness (QED) is 0.822. The van der Waals surface area contributed by atoms with Crippen molar-refractivity contribution in [3.05, 3.63) is 56.7 Å². The number of benzene rings is 1. The summed E-state index contributed by atoms with van der Waals surface area (Å²) in [6.45, 7) is 0. The number of thiophene rings is 1. The van der Waals surface area contributed by atoms with Gasteiger partial charge in [-0.1, -0.05) is 34.1 Å². The Morgan fingerprint density at radius 3 is 2.71 bits per heavy atom. The van der Waals surface area contributed by atoms with Crippen LogP contribution in [0.4, 0.5) is 0 Å². The van der Waals surface area contributed by atoms with Crippen LogP contribution in [0.2, 0.25) is 0 Å². The van der Waals surface area contributed by atoms with Gasteiger partial charge in [-0.2, -0.15) is 0 Å². The summed E-state index contributed by atoms with van der Waals surface area (Å²) in [5.41, 5.74) is 1.03. The van der Waals surface area contributed by atoms with Crippen molar-refractivity contribution < 1.29 is 14.7 Å². The zero-order chi connectivity index (χ0) is 15.2. The highest BCUT2D eigenvalue weighted by molar-refractivity contribution is 9.10. The Kier molecular flexibility index (Phi) is 5.52. The van der Waals surface area contributed by atoms with Crippen LogP contribution in [0, 0.1) is 0 Å². The Morgan fingerprint density at radius 2 is 2.10 bits per heavy atom. The van der Waals surface area contributed by atoms with Gasteiger partial charge in [-0.15, -0.1) is 11.3 Å². The van der Waals surface area contributed by atoms with Crippen LogP contribution in [0.25, 0.3) is 0 Å². The van der Waals surface area contributed by atoms with Gasteiger partial charge in [0.2, 0.25) is 5.91 Å². The number of carbonyl (C=O) groups is 2. The molecule has 2 N–H and O–H groups in total. The molecule has 1 unspecified atom stereocenters. The lowest BCUT2D eigenvalue weighted by molar-refractivity contribution is -0.141. The lowest BCUT2D eigenvalue weighted by Gasteiger charge is -2.13. The van der Waals surface area contributed by atoms with Gasteiger partial charge in [-0.05, 0) is 35.6 Å². The van der Waals surface area contributed by atoms with Crippen LogP contribution < -0.4 is 5.32 Å². The van der Waals surface area contributed by atoms with E-state index in [4.69, 9.17) is 0 Å². The van der Waals surface area contributed by atoms with E-state index in [-0.39, 0.29) is 12.3 Å². The maximum absolute atomic E-state index is 11.9. The Hall–Kier alpha value is -1.66. The smallest absolute Gasteiger partial charge is 0.331 e. The first-order valence-corrected chi connectivity index (χ1v) is 8.03. The van der Waals surface area contributed by atoms with Crippen LogP contribution in [-0.4, -0.2) is 17.0 Å². The molecule has 1 atom stereocenters. The second-order valence-corrected chi connectivity index (χ2v) is 6.38. The monoisotopic (exact) mass is 367 g/mol. The van der Waals surface area contributed by atoms with Crippen LogP contribution in [0.5, 0.6) is 0 Å². The van der Waals surface area contributed by atoms with Crippen LogP contribution in [-0.2, 0) is 16.0 Å². The zero-order valence-corrected chi connectivity index (χ0v) is 13.5. The number of hydrogen-bond donors (Lipinski definition) is 2. The summed E-state index contributed by atoms with van der Waals surface area (Å²) < 4.78 is 0.961. The summed E-state index contributed by atoms with van der Waals surface area (Å²) in [5.74, 6) is -1.32. The van der Waals surface area contributed by atoms with Crippen LogP contribution in [0.15, 0.2) is 46.3 Å². The van der Waals surface area contributed by atoms with Gasteiger partial charge in [0.25, 0.3) is 0 Å². The van der Waals surface area contributed by atoms with Crippen LogP contribution in [0.3, 0.4) is 0 Å². The molecular formula is C15H14BrNO3S. The first-order valence-electron chi connectivity index (χ1n) is 6.36. The molecule has 1 aromatic heterocycles. The molecule has 0 aliphatic rings. The normalized spacial score (nSPS) is 11.9. The number of carbonyl (C=O) groups excluding carboxylic acids is 1. The summed E-state index contributed by atoms with van der Waals surface area (Å²) in [5, 5.41) is 13.6. The van der Waals surface area contributed by atoms with E-state index in [2.05, 4.69) is 21.2 Å². The zero-order valence-electron chi connectivity index (χ0n) is 11.1. The molecule has 4 nitrogen and oxygen atoms in total. The van der Waals surface area contributed by atoms with E-state index in [0.717, 1.165) is 10.0 Å². The van der Waals surface area contributed by atoms with Gasteiger partial charge >= 0.3 is 5.97 Å². The maximum atomic E-state index is 11.9. The van der Waals surface area contributed by atoms with Crippen LogP contribution >= 0.6 is 27.3 Å². The lowest BCUT2D eigenvalue weighted by Crippen LogP contribution is -2.33. The molecule has 0 aliphatic heterocycles. The fourth-order valence-electron chi connectivity index (χ4n) is 1.89. The molecule has 1 amide bonds. The van der Waals surface area contributed by atoms with E-state index in [1.165, 1.54) is 11.3 Å². The van der Waals surface area contributed by atoms with Gasteiger partial charge in [0.15, 0.2) is 6.04 Å². The van der Waals surface area contributed by atoms with Gasteiger partial charge in [-0.25, -0.2) is 4.79 Å². The van der Waals surface area contributed by atoms with Crippen molar-refractivity contribution in [1.82, 2.24) is 5.32 Å². The van der Waals surface area contributed by atoms with E-state index in [1.807, 2.05) is 24.3 Å². The highest BCUT2D eigenvalue weighted by atomic mass is 79.9. The summed E-state index contributed by atoms with van der Waals surface area (Å²) in [6, 6.07) is 10.2. The number of amides is 1. The topological polar surface area (TPSA) is 66.4 Å². The predicted octanol–water partition coefficient (Wildman–Crippen LogP) is 3.39. The predicted molar refractivity (Wildman–Crippen MR) is 85.3 cm³/mol. The van der Waals surface area contributed by atoms with E-state index in [1.54, 1.807) is 17.5 Å². The number of aryl methyl sites for hydroxylation is 1. The Balaban J connectivity index is 1.92. The Bertz CT molecular complexity index is 628. The molecule has 0 saturated heterocycles. The summed E-state index contributed by atoms with van der Waals surface area (Å²) >= 11 is 4.69. The van der Waals surface area contributed by atoms with E-state index >= 15 is 0 Å². The maximum Gasteiger partial charge on any atom is 0.331 e. The molecule has 0 spiro atoms. The number of aliphatic carboxylic acids is 1. The number of carboxylic acid groups (broad SMARTS) is 1. The highest BCUT2D eigenvalue weighted by Gasteiger charge is 2.22. The molecule has 0 bridgehead atoms. The first-order chi connectivity index (χ1) is 10.1. The fraction of sp³-hybridized carbons (Fsp3) is 0.200. The molecule has 21 heavy (non-hydrogen) atoms. The highest BCUT2D eigenvalue weighted by Crippen LogP contribution is 2.19. The van der Waals surface area contributed by atoms with Gasteiger partial charge in [0.05, 0.1) is 0 Å². The summed E-state index contributed by atoms with van der Waals surface area (Å²) in [6.07, 6.45) is 0.827. The molecule has 0 saturated carbocycles. The third-order valence-corrected chi connectivity index (χ3v) is 4.34. The van der Waals surface area contributed by atoms with E-state index < -0.39 is 12.0 Å². The number of carboxylic acids is 1. The van der Waals surface area contributed by atoms with Crippen molar-refractivity contribution >= 4 is 39.1 Å². The van der Waals surface area contributed by atoms with Crippen molar-refractivity contribution in [2.24, 2.45) is 0 Å². The third-order valence-electron chi connectivity index (χ3n) is 2.91. The second-order valence-electron chi connectivity index (χ2n) is 4.48. The SMILES string of the molecule is O=C(CCc1cccc(Br)c1)NC(C(=O)O)c1cccs1. The van der Waals surface area contributed by atoms with Crippen molar-refractivity contribution in [3.63, 3.8) is 0 Å². The van der Waals surface area contributed by atoms with Crippen molar-refractivity contribution in [3.8, 4) is 0 Å². The summed E-state index contributed by atoms with van der Waals surface area (Å²) in [7, 11) is 0. The van der Waals surface area contributed by atoms with Crippen molar-refractivity contribution in [1.29, 1.82) is 0 Å². The number of halogens is 1. The molecule has 0 radical (unpaired) electrons. The Morgan fingerprint density at radius 1 is 1.29 bits per heavy atom. The minimum Gasteiger partial charge on any atom is -0.479 e. The van der Waals surface area contributed by atoms with Crippen molar-refractivity contribution in [2.75, 3.05) is 0 Å². The minimum absolute atomic E-state index is 0.256. The van der Waals surface area contributed by atoms with Gasteiger partial charge in [0.1, 0.15) is 0 Å². The largest absolute Gasteiger partial charge is 0.479 e. The van der Waals surface area contributed by atoms with Gasteiger partial charge in [0, 0.05) is 15.8 Å². The second kappa shape index (κ2) is 7.38. The third kappa shape index (κ3) is 4.68. The fourth-order valence-corrected chi connectivity index (χ4v) is 3.11. The average Bonchev–Trinajstić information content (AvgIpc) is 2.96.